The lowest BCUT2D eigenvalue weighted by Crippen LogP contribution is -2.41. The van der Waals surface area contributed by atoms with Crippen molar-refractivity contribution < 1.29 is 9.59 Å². The molecule has 4 rings (SSSR count). The van der Waals surface area contributed by atoms with Crippen LogP contribution in [0.15, 0.2) is 66.9 Å². The van der Waals surface area contributed by atoms with Crippen molar-refractivity contribution in [1.29, 1.82) is 0 Å². The molecule has 0 saturated carbocycles. The van der Waals surface area contributed by atoms with E-state index in [4.69, 9.17) is 0 Å². The Morgan fingerprint density at radius 1 is 1.06 bits per heavy atom. The Hall–Kier alpha value is -3.94. The topological polar surface area (TPSA) is 85.1 Å². The minimum atomic E-state index is -0.122. The average molecular weight is 445 g/mol. The van der Waals surface area contributed by atoms with Gasteiger partial charge in [-0.1, -0.05) is 35.5 Å². The van der Waals surface area contributed by atoms with Crippen LogP contribution in [0, 0.1) is 0 Å². The van der Waals surface area contributed by atoms with Crippen molar-refractivity contribution in [1.82, 2.24) is 29.8 Å². The van der Waals surface area contributed by atoms with Crippen LogP contribution in [0.25, 0.3) is 11.0 Å². The zero-order chi connectivity index (χ0) is 23.4. The number of hydrogen-bond acceptors (Lipinski definition) is 4. The molecular weight excluding hydrogens is 416 g/mol. The van der Waals surface area contributed by atoms with Crippen LogP contribution < -0.4 is 5.32 Å². The Labute approximate surface area is 192 Å². The van der Waals surface area contributed by atoms with E-state index in [1.54, 1.807) is 32.3 Å². The lowest BCUT2D eigenvalue weighted by atomic mass is 10.0. The first-order valence-corrected chi connectivity index (χ1v) is 10.9. The summed E-state index contributed by atoms with van der Waals surface area (Å²) in [4.78, 5) is 27.6. The first-order valence-electron chi connectivity index (χ1n) is 10.9. The molecule has 33 heavy (non-hydrogen) atoms. The minimum absolute atomic E-state index is 0.0859. The number of benzene rings is 2. The van der Waals surface area contributed by atoms with Crippen LogP contribution in [0.4, 0.5) is 0 Å². The third kappa shape index (κ3) is 4.95. The molecule has 0 aliphatic carbocycles. The quantitative estimate of drug-likeness (QED) is 0.453. The van der Waals surface area contributed by atoms with Crippen LogP contribution >= 0.6 is 0 Å². The van der Waals surface area contributed by atoms with E-state index in [9.17, 15) is 9.59 Å². The van der Waals surface area contributed by atoms with Crippen molar-refractivity contribution in [2.24, 2.45) is 14.1 Å². The zero-order valence-corrected chi connectivity index (χ0v) is 19.1. The van der Waals surface area contributed by atoms with Gasteiger partial charge in [0.25, 0.3) is 11.8 Å². The van der Waals surface area contributed by atoms with Crippen molar-refractivity contribution in [2.45, 2.75) is 18.9 Å². The maximum atomic E-state index is 13.3. The Kier molecular flexibility index (Phi) is 6.53. The molecule has 0 spiro atoms. The molecule has 0 aliphatic rings. The number of carbonyl (C=O) groups excluding carboxylic acids is 2. The first-order chi connectivity index (χ1) is 15.9. The number of hydrogen-bond donors (Lipinski definition) is 1. The number of aromatic nitrogens is 4. The van der Waals surface area contributed by atoms with Crippen molar-refractivity contribution in [2.75, 3.05) is 13.6 Å². The van der Waals surface area contributed by atoms with E-state index in [0.29, 0.717) is 36.2 Å². The largest absolute Gasteiger partial charge is 0.351 e. The third-order valence-electron chi connectivity index (χ3n) is 5.98. The summed E-state index contributed by atoms with van der Waals surface area (Å²) in [5.74, 6) is -0.208. The van der Waals surface area contributed by atoms with E-state index < -0.39 is 0 Å². The van der Waals surface area contributed by atoms with Gasteiger partial charge in [0.2, 0.25) is 0 Å². The fourth-order valence-electron chi connectivity index (χ4n) is 4.00. The van der Waals surface area contributed by atoms with Crippen molar-refractivity contribution in [3.63, 3.8) is 0 Å². The number of fused-ring (bicyclic) bond motifs is 1. The van der Waals surface area contributed by atoms with Crippen LogP contribution in [0.1, 0.15) is 32.8 Å². The van der Waals surface area contributed by atoms with Gasteiger partial charge in [0.1, 0.15) is 11.2 Å². The monoisotopic (exact) mass is 444 g/mol. The Bertz CT molecular complexity index is 1260. The predicted molar refractivity (Wildman–Crippen MR) is 127 cm³/mol. The van der Waals surface area contributed by atoms with Gasteiger partial charge in [-0.2, -0.15) is 0 Å². The molecule has 1 atom stereocenters. The lowest BCUT2D eigenvalue weighted by Gasteiger charge is -2.29. The molecule has 0 saturated heterocycles. The minimum Gasteiger partial charge on any atom is -0.351 e. The molecule has 1 unspecified atom stereocenters. The van der Waals surface area contributed by atoms with Crippen LogP contribution in [0.5, 0.6) is 0 Å². The van der Waals surface area contributed by atoms with Gasteiger partial charge in [-0.15, -0.1) is 5.10 Å². The Morgan fingerprint density at radius 3 is 2.58 bits per heavy atom. The fraction of sp³-hybridized carbons (Fsp3) is 0.280. The van der Waals surface area contributed by atoms with Crippen molar-refractivity contribution >= 4 is 22.8 Å². The predicted octanol–water partition coefficient (Wildman–Crippen LogP) is 2.81. The number of likely N-dealkylation sites (N-methyl/N-ethyl adjacent to an activating group) is 1. The van der Waals surface area contributed by atoms with E-state index in [0.717, 1.165) is 11.1 Å². The molecule has 0 radical (unpaired) electrons. The maximum Gasteiger partial charge on any atom is 0.267 e. The van der Waals surface area contributed by atoms with Crippen molar-refractivity contribution in [3.8, 4) is 0 Å². The second kappa shape index (κ2) is 9.68. The maximum absolute atomic E-state index is 13.3. The second-order valence-electron chi connectivity index (χ2n) is 8.23. The molecular formula is C25H28N6O2. The molecule has 0 aliphatic heterocycles. The summed E-state index contributed by atoms with van der Waals surface area (Å²) in [6.07, 6.45) is 3.16. The van der Waals surface area contributed by atoms with E-state index in [2.05, 4.69) is 27.8 Å². The Morgan fingerprint density at radius 2 is 1.85 bits per heavy atom. The van der Waals surface area contributed by atoms with Gasteiger partial charge < -0.3 is 14.8 Å². The number of rotatable bonds is 8. The third-order valence-corrected chi connectivity index (χ3v) is 5.98. The molecule has 4 aromatic rings. The van der Waals surface area contributed by atoms with Crippen LogP contribution in [0.2, 0.25) is 0 Å². The number of nitrogens with zero attached hydrogens (tertiary/aromatic N) is 5. The normalized spacial score (nSPS) is 12.0. The summed E-state index contributed by atoms with van der Waals surface area (Å²) in [6, 6.07) is 19.1. The number of carbonyl (C=O) groups is 2. The summed E-state index contributed by atoms with van der Waals surface area (Å²) in [5.41, 5.74) is 3.87. The van der Waals surface area contributed by atoms with Gasteiger partial charge in [0.15, 0.2) is 0 Å². The van der Waals surface area contributed by atoms with Gasteiger partial charge in [0, 0.05) is 45.5 Å². The number of nitrogens with one attached hydrogen (secondary N) is 1. The molecule has 170 valence electrons. The molecule has 8 nitrogen and oxygen atoms in total. The van der Waals surface area contributed by atoms with Gasteiger partial charge in [-0.05, 0) is 48.7 Å². The van der Waals surface area contributed by atoms with Crippen LogP contribution in [-0.4, -0.2) is 55.9 Å². The second-order valence-corrected chi connectivity index (χ2v) is 8.23. The smallest absolute Gasteiger partial charge is 0.267 e. The van der Waals surface area contributed by atoms with E-state index >= 15 is 0 Å². The highest BCUT2D eigenvalue weighted by atomic mass is 16.2. The summed E-state index contributed by atoms with van der Waals surface area (Å²) >= 11 is 0. The number of aryl methyl sites for hydroxylation is 2. The summed E-state index contributed by atoms with van der Waals surface area (Å²) < 4.78 is 3.47. The highest BCUT2D eigenvalue weighted by Crippen LogP contribution is 2.18. The van der Waals surface area contributed by atoms with E-state index in [1.165, 1.54) is 0 Å². The lowest BCUT2D eigenvalue weighted by molar-refractivity contribution is 0.0723. The molecule has 2 aromatic carbocycles. The van der Waals surface area contributed by atoms with Crippen molar-refractivity contribution in [3.05, 3.63) is 83.7 Å². The molecule has 0 fully saturated rings. The van der Waals surface area contributed by atoms with Gasteiger partial charge in [0.05, 0.1) is 5.52 Å². The standard InChI is InChI=1S/C25H28N6O2/c1-29-15-7-10-23(29)24(32)26-14-13-20(16-18-8-5-4-6-9-18)30(2)25(33)19-11-12-22-21(17-19)27-28-31(22)3/h4-12,15,17,20H,13-14,16H2,1-3H3,(H,26,32). The molecule has 2 heterocycles. The van der Waals surface area contributed by atoms with Gasteiger partial charge in [-0.3, -0.25) is 9.59 Å². The molecule has 1 N–H and O–H groups in total. The number of amides is 2. The average Bonchev–Trinajstić information content (AvgIpc) is 3.43. The molecule has 2 aromatic heterocycles. The van der Waals surface area contributed by atoms with E-state index in [1.807, 2.05) is 57.7 Å². The first kappa shape index (κ1) is 22.3. The fourth-order valence-corrected chi connectivity index (χ4v) is 4.00. The summed E-state index contributed by atoms with van der Waals surface area (Å²) in [5, 5.41) is 11.1. The Balaban J connectivity index is 1.49. The van der Waals surface area contributed by atoms with Gasteiger partial charge >= 0.3 is 0 Å². The van der Waals surface area contributed by atoms with Gasteiger partial charge in [-0.25, -0.2) is 4.68 Å². The van der Waals surface area contributed by atoms with Crippen LogP contribution in [-0.2, 0) is 20.5 Å². The molecule has 2 amide bonds. The zero-order valence-electron chi connectivity index (χ0n) is 19.1. The van der Waals surface area contributed by atoms with E-state index in [-0.39, 0.29) is 17.9 Å². The highest BCUT2D eigenvalue weighted by molar-refractivity contribution is 5.97. The highest BCUT2D eigenvalue weighted by Gasteiger charge is 2.23. The SMILES string of the molecule is CN(C(=O)c1ccc2c(c1)nnn2C)C(CCNC(=O)c1cccn1C)Cc1ccccc1. The summed E-state index contributed by atoms with van der Waals surface area (Å²) in [7, 11) is 5.48. The summed E-state index contributed by atoms with van der Waals surface area (Å²) in [6.45, 7) is 0.461. The molecule has 8 heteroatoms. The molecule has 0 bridgehead atoms. The van der Waals surface area contributed by atoms with Crippen LogP contribution in [0.3, 0.4) is 0 Å².